The van der Waals surface area contributed by atoms with E-state index in [2.05, 4.69) is 10.6 Å². The molecule has 0 radical (unpaired) electrons. The molecule has 0 spiro atoms. The molecule has 0 bridgehead atoms. The molecule has 4 rings (SSSR count). The number of halogens is 7. The van der Waals surface area contributed by atoms with Crippen molar-refractivity contribution in [2.45, 2.75) is 17.2 Å². The van der Waals surface area contributed by atoms with Crippen molar-refractivity contribution in [2.75, 3.05) is 16.0 Å². The first-order valence-electron chi connectivity index (χ1n) is 11.1. The third-order valence-electron chi connectivity index (χ3n) is 5.92. The van der Waals surface area contributed by atoms with Crippen LogP contribution in [0.25, 0.3) is 0 Å². The molecule has 2 amide bonds. The monoisotopic (exact) mass is 615 g/mol. The zero-order valence-corrected chi connectivity index (χ0v) is 22.7. The van der Waals surface area contributed by atoms with Crippen LogP contribution in [0.5, 0.6) is 0 Å². The van der Waals surface area contributed by atoms with Gasteiger partial charge in [0.05, 0.1) is 32.9 Å². The Hall–Kier alpha value is -3.20. The molecule has 39 heavy (non-hydrogen) atoms. The fourth-order valence-corrected chi connectivity index (χ4v) is 5.08. The molecule has 0 aromatic heterocycles. The highest BCUT2D eigenvalue weighted by atomic mass is 35.5. The van der Waals surface area contributed by atoms with Gasteiger partial charge in [-0.15, -0.1) is 23.2 Å². The van der Waals surface area contributed by atoms with E-state index in [0.29, 0.717) is 10.6 Å². The second kappa shape index (κ2) is 11.1. The average Bonchev–Trinajstić information content (AvgIpc) is 3.47. The van der Waals surface area contributed by atoms with Gasteiger partial charge in [0.1, 0.15) is 27.6 Å². The summed E-state index contributed by atoms with van der Waals surface area (Å²) in [6.07, 6.45) is 0. The first-order chi connectivity index (χ1) is 18.3. The summed E-state index contributed by atoms with van der Waals surface area (Å²) in [5.41, 5.74) is -1.34. The molecule has 6 nitrogen and oxygen atoms in total. The quantitative estimate of drug-likeness (QED) is 0.191. The number of carbonyl (C=O) groups excluding carboxylic acids is 3. The maximum atomic E-state index is 14.8. The van der Waals surface area contributed by atoms with Crippen molar-refractivity contribution in [3.8, 4) is 0 Å². The van der Waals surface area contributed by atoms with Gasteiger partial charge in [0.25, 0.3) is 5.91 Å². The largest absolute Gasteiger partial charge is 0.348 e. The summed E-state index contributed by atoms with van der Waals surface area (Å²) in [5.74, 6) is -5.26. The lowest BCUT2D eigenvalue weighted by atomic mass is 10.1. The fourth-order valence-electron chi connectivity index (χ4n) is 3.94. The first kappa shape index (κ1) is 28.8. The van der Waals surface area contributed by atoms with Gasteiger partial charge in [0, 0.05) is 11.6 Å². The van der Waals surface area contributed by atoms with Crippen LogP contribution >= 0.6 is 46.4 Å². The Morgan fingerprint density at radius 2 is 1.59 bits per heavy atom. The van der Waals surface area contributed by atoms with E-state index >= 15 is 0 Å². The predicted octanol–water partition coefficient (Wildman–Crippen LogP) is 7.34. The first-order valence-corrected chi connectivity index (χ1v) is 12.6. The minimum atomic E-state index is -1.47. The Morgan fingerprint density at radius 3 is 2.26 bits per heavy atom. The average molecular weight is 617 g/mol. The van der Waals surface area contributed by atoms with Crippen LogP contribution in [0.15, 0.2) is 54.2 Å². The molecule has 0 aliphatic heterocycles. The Balaban J connectivity index is 1.53. The predicted molar refractivity (Wildman–Crippen MR) is 145 cm³/mol. The van der Waals surface area contributed by atoms with Gasteiger partial charge in [-0.3, -0.25) is 9.59 Å². The van der Waals surface area contributed by atoms with Crippen LogP contribution in [0.1, 0.15) is 28.8 Å². The van der Waals surface area contributed by atoms with Crippen molar-refractivity contribution in [1.29, 1.82) is 0 Å². The van der Waals surface area contributed by atoms with E-state index in [1.807, 2.05) is 5.32 Å². The highest BCUT2D eigenvalue weighted by molar-refractivity contribution is 6.53. The lowest BCUT2D eigenvalue weighted by Crippen LogP contribution is -2.19. The summed E-state index contributed by atoms with van der Waals surface area (Å²) in [6.45, 7) is 1.30. The molecule has 0 heterocycles. The van der Waals surface area contributed by atoms with Gasteiger partial charge >= 0.3 is 0 Å². The second-order valence-electron chi connectivity index (χ2n) is 8.58. The molecule has 1 aliphatic rings. The normalized spacial score (nSPS) is 17.1. The molecular formula is C26H16Cl4F3N3O3. The van der Waals surface area contributed by atoms with Gasteiger partial charge in [-0.05, 0) is 55.0 Å². The Morgan fingerprint density at radius 1 is 0.897 bits per heavy atom. The smallest absolute Gasteiger partial charge is 0.258 e. The van der Waals surface area contributed by atoms with Crippen LogP contribution in [-0.4, -0.2) is 22.1 Å². The highest BCUT2D eigenvalue weighted by Gasteiger charge is 2.67. The summed E-state index contributed by atoms with van der Waals surface area (Å²) in [5, 5.41) is 7.43. The van der Waals surface area contributed by atoms with Gasteiger partial charge < -0.3 is 16.0 Å². The summed E-state index contributed by atoms with van der Waals surface area (Å²) in [7, 11) is 0. The minimum absolute atomic E-state index is 0.00132. The third kappa shape index (κ3) is 5.88. The standard InChI is InChI=1S/C26H16Cl4F3N3O3/c1-11(10-37)34-19-7-6-18(32)23(22(19)33)36-24(38)14-9-13(3-5-17(14)31)35-25(39)21-20(26(21,29)30)12-2-4-15(27)16(28)8-12/h2-9,20-21,34H,1H3,(H,35,39)(H,36,38)/t20-,21+/m0/s1. The molecule has 1 aliphatic carbocycles. The van der Waals surface area contributed by atoms with Gasteiger partial charge in [-0.25, -0.2) is 18.0 Å². The Bertz CT molecular complexity index is 1560. The number of hydrogen-bond donors (Lipinski definition) is 3. The van der Waals surface area contributed by atoms with Gasteiger partial charge in [0.15, 0.2) is 5.82 Å². The molecule has 3 aromatic carbocycles. The van der Waals surface area contributed by atoms with E-state index in [9.17, 15) is 27.6 Å². The van der Waals surface area contributed by atoms with Crippen LogP contribution in [0, 0.1) is 23.4 Å². The number of allylic oxidation sites excluding steroid dienone is 1. The lowest BCUT2D eigenvalue weighted by molar-refractivity contribution is -0.117. The molecule has 202 valence electrons. The number of carbonyl (C=O) groups is 2. The third-order valence-corrected chi connectivity index (χ3v) is 7.60. The van der Waals surface area contributed by atoms with Crippen molar-refractivity contribution in [2.24, 2.45) is 5.92 Å². The summed E-state index contributed by atoms with van der Waals surface area (Å²) in [6, 6.07) is 9.63. The van der Waals surface area contributed by atoms with E-state index in [4.69, 9.17) is 46.4 Å². The van der Waals surface area contributed by atoms with Crippen molar-refractivity contribution in [1.82, 2.24) is 0 Å². The molecule has 3 aromatic rings. The van der Waals surface area contributed by atoms with Crippen molar-refractivity contribution < 1.29 is 27.6 Å². The Kier molecular flexibility index (Phi) is 8.21. The maximum absolute atomic E-state index is 14.8. The SMILES string of the molecule is CC(=C=O)Nc1ccc(F)c(NC(=O)c2cc(NC(=O)[C@H]3[C@H](c4ccc(Cl)c(Cl)c4)C3(Cl)Cl)ccc2F)c1F. The highest BCUT2D eigenvalue weighted by Crippen LogP contribution is 2.65. The van der Waals surface area contributed by atoms with Crippen molar-refractivity contribution in [3.05, 3.63) is 92.9 Å². The van der Waals surface area contributed by atoms with E-state index in [1.165, 1.54) is 18.9 Å². The van der Waals surface area contributed by atoms with E-state index in [1.54, 1.807) is 18.2 Å². The molecule has 1 saturated carbocycles. The van der Waals surface area contributed by atoms with E-state index < -0.39 is 56.7 Å². The molecule has 1 fully saturated rings. The topological polar surface area (TPSA) is 87.3 Å². The van der Waals surface area contributed by atoms with E-state index in [-0.39, 0.29) is 22.1 Å². The van der Waals surface area contributed by atoms with Crippen LogP contribution < -0.4 is 16.0 Å². The number of hydrogen-bond acceptors (Lipinski definition) is 4. The van der Waals surface area contributed by atoms with Gasteiger partial charge in [-0.2, -0.15) is 0 Å². The number of alkyl halides is 2. The van der Waals surface area contributed by atoms with Crippen LogP contribution in [0.4, 0.5) is 30.2 Å². The molecular weight excluding hydrogens is 601 g/mol. The van der Waals surface area contributed by atoms with Crippen molar-refractivity contribution in [3.63, 3.8) is 0 Å². The second-order valence-corrected chi connectivity index (χ2v) is 10.8. The zero-order chi connectivity index (χ0) is 28.6. The molecule has 3 N–H and O–H groups in total. The van der Waals surface area contributed by atoms with Gasteiger partial charge in [0.2, 0.25) is 5.91 Å². The summed E-state index contributed by atoms with van der Waals surface area (Å²) >= 11 is 24.7. The minimum Gasteiger partial charge on any atom is -0.348 e. The molecule has 13 heteroatoms. The number of amides is 2. The van der Waals surface area contributed by atoms with E-state index in [0.717, 1.165) is 24.3 Å². The van der Waals surface area contributed by atoms with Gasteiger partial charge in [-0.1, -0.05) is 29.3 Å². The van der Waals surface area contributed by atoms with Crippen LogP contribution in [-0.2, 0) is 9.59 Å². The zero-order valence-electron chi connectivity index (χ0n) is 19.6. The summed E-state index contributed by atoms with van der Waals surface area (Å²) in [4.78, 5) is 36.4. The molecule has 0 saturated heterocycles. The number of nitrogens with one attached hydrogen (secondary N) is 3. The Labute approximate surface area is 240 Å². The molecule has 2 atom stereocenters. The lowest BCUT2D eigenvalue weighted by Gasteiger charge is -2.13. The fraction of sp³-hybridized carbons (Fsp3) is 0.154. The van der Waals surface area contributed by atoms with Crippen molar-refractivity contribution >= 4 is 81.2 Å². The van der Waals surface area contributed by atoms with Crippen LogP contribution in [0.2, 0.25) is 10.0 Å². The van der Waals surface area contributed by atoms with Crippen LogP contribution in [0.3, 0.4) is 0 Å². The maximum Gasteiger partial charge on any atom is 0.258 e. The molecule has 0 unspecified atom stereocenters. The number of rotatable bonds is 7. The number of benzene rings is 3. The number of anilines is 3. The summed E-state index contributed by atoms with van der Waals surface area (Å²) < 4.78 is 42.2.